The van der Waals surface area contributed by atoms with Crippen LogP contribution < -0.4 is 16.0 Å². The first kappa shape index (κ1) is 17.8. The van der Waals surface area contributed by atoms with Gasteiger partial charge in [0.1, 0.15) is 0 Å². The van der Waals surface area contributed by atoms with Crippen LogP contribution in [0.2, 0.25) is 0 Å². The minimum absolute atomic E-state index is 0.190. The van der Waals surface area contributed by atoms with Crippen molar-refractivity contribution in [3.8, 4) is 0 Å². The number of nitrogens with zero attached hydrogens (tertiary/aromatic N) is 2. The van der Waals surface area contributed by atoms with Crippen molar-refractivity contribution in [2.75, 3.05) is 18.0 Å². The van der Waals surface area contributed by atoms with Crippen molar-refractivity contribution < 1.29 is 4.79 Å². The van der Waals surface area contributed by atoms with E-state index in [-0.39, 0.29) is 5.91 Å². The Labute approximate surface area is 150 Å². The Morgan fingerprint density at radius 3 is 2.76 bits per heavy atom. The van der Waals surface area contributed by atoms with Gasteiger partial charge in [-0.3, -0.25) is 9.79 Å². The minimum Gasteiger partial charge on any atom is -0.370 e. The standard InChI is InChI=1S/C20H30N4O/c21-20(23-17-9-3-1-2-4-10-17)22-14-7-12-19(25)24-15-13-16-8-5-6-11-18(16)24/h5-6,8,11,17H,1-4,7,9-10,12-15H2,(H3,21,22,23). The van der Waals surface area contributed by atoms with Gasteiger partial charge >= 0.3 is 0 Å². The van der Waals surface area contributed by atoms with Gasteiger partial charge in [0.15, 0.2) is 5.96 Å². The largest absolute Gasteiger partial charge is 0.370 e. The number of para-hydroxylation sites is 1. The summed E-state index contributed by atoms with van der Waals surface area (Å²) in [5.41, 5.74) is 8.35. The second-order valence-corrected chi connectivity index (χ2v) is 7.13. The predicted molar refractivity (Wildman–Crippen MR) is 103 cm³/mol. The molecule has 3 rings (SSSR count). The molecule has 1 aliphatic heterocycles. The van der Waals surface area contributed by atoms with E-state index in [4.69, 9.17) is 5.73 Å². The summed E-state index contributed by atoms with van der Waals surface area (Å²) in [5.74, 6) is 0.723. The van der Waals surface area contributed by atoms with E-state index in [1.54, 1.807) is 0 Å². The molecule has 1 aliphatic carbocycles. The number of fused-ring (bicyclic) bond motifs is 1. The highest BCUT2D eigenvalue weighted by molar-refractivity contribution is 5.95. The van der Waals surface area contributed by atoms with Crippen molar-refractivity contribution >= 4 is 17.6 Å². The molecule has 0 atom stereocenters. The Hall–Kier alpha value is -2.04. The molecule has 0 radical (unpaired) electrons. The molecule has 3 N–H and O–H groups in total. The molecule has 0 saturated heterocycles. The van der Waals surface area contributed by atoms with Crippen LogP contribution in [0, 0.1) is 0 Å². The van der Waals surface area contributed by atoms with Crippen molar-refractivity contribution in [2.24, 2.45) is 10.7 Å². The number of amides is 1. The van der Waals surface area contributed by atoms with Gasteiger partial charge in [0.25, 0.3) is 0 Å². The number of benzene rings is 1. The number of aliphatic imine (C=N–C) groups is 1. The maximum Gasteiger partial charge on any atom is 0.227 e. The Bertz CT molecular complexity index is 605. The molecule has 5 heteroatoms. The van der Waals surface area contributed by atoms with Crippen molar-refractivity contribution in [1.29, 1.82) is 0 Å². The highest BCUT2D eigenvalue weighted by Crippen LogP contribution is 2.28. The number of carbonyl (C=O) groups is 1. The Kier molecular flexibility index (Phi) is 6.31. The molecule has 0 aromatic heterocycles. The summed E-state index contributed by atoms with van der Waals surface area (Å²) >= 11 is 0. The second-order valence-electron chi connectivity index (χ2n) is 7.13. The topological polar surface area (TPSA) is 70.7 Å². The number of hydrogen-bond donors (Lipinski definition) is 2. The molecule has 1 heterocycles. The molecular formula is C20H30N4O. The van der Waals surface area contributed by atoms with Crippen molar-refractivity contribution in [2.45, 2.75) is 63.8 Å². The molecular weight excluding hydrogens is 312 g/mol. The fraction of sp³-hybridized carbons (Fsp3) is 0.600. The van der Waals surface area contributed by atoms with Gasteiger partial charge in [-0.25, -0.2) is 0 Å². The second kappa shape index (κ2) is 8.88. The lowest BCUT2D eigenvalue weighted by Crippen LogP contribution is -2.40. The van der Waals surface area contributed by atoms with Gasteiger partial charge in [-0.15, -0.1) is 0 Å². The molecule has 2 aliphatic rings. The Balaban J connectivity index is 1.40. The molecule has 5 nitrogen and oxygen atoms in total. The first-order chi connectivity index (χ1) is 12.2. The summed E-state index contributed by atoms with van der Waals surface area (Å²) in [6.07, 6.45) is 9.80. The Morgan fingerprint density at radius 1 is 1.20 bits per heavy atom. The molecule has 1 fully saturated rings. The molecule has 1 aromatic carbocycles. The fourth-order valence-corrected chi connectivity index (χ4v) is 3.84. The molecule has 0 spiro atoms. The number of carbonyl (C=O) groups excluding carboxylic acids is 1. The summed E-state index contributed by atoms with van der Waals surface area (Å²) in [6, 6.07) is 8.63. The van der Waals surface area contributed by atoms with Crippen LogP contribution in [0.5, 0.6) is 0 Å². The molecule has 0 bridgehead atoms. The number of nitrogens with two attached hydrogens (primary N) is 1. The molecule has 25 heavy (non-hydrogen) atoms. The van der Waals surface area contributed by atoms with Crippen molar-refractivity contribution in [3.05, 3.63) is 29.8 Å². The van der Waals surface area contributed by atoms with Crippen molar-refractivity contribution in [1.82, 2.24) is 5.32 Å². The summed E-state index contributed by atoms with van der Waals surface area (Å²) in [5, 5.41) is 3.35. The summed E-state index contributed by atoms with van der Waals surface area (Å²) in [6.45, 7) is 1.40. The first-order valence-corrected chi connectivity index (χ1v) is 9.69. The van der Waals surface area contributed by atoms with Crippen LogP contribution in [0.1, 0.15) is 56.9 Å². The molecule has 1 amide bonds. The minimum atomic E-state index is 0.190. The zero-order valence-electron chi connectivity index (χ0n) is 15.0. The zero-order chi connectivity index (χ0) is 17.5. The molecule has 136 valence electrons. The van der Waals surface area contributed by atoms with Crippen LogP contribution in [0.4, 0.5) is 5.69 Å². The fourth-order valence-electron chi connectivity index (χ4n) is 3.84. The maximum absolute atomic E-state index is 12.4. The third kappa shape index (κ3) is 4.97. The quantitative estimate of drug-likeness (QED) is 0.374. The number of rotatable bonds is 5. The molecule has 1 aromatic rings. The van der Waals surface area contributed by atoms with Gasteiger partial charge in [-0.05, 0) is 37.3 Å². The van der Waals surface area contributed by atoms with Gasteiger partial charge in [-0.1, -0.05) is 43.9 Å². The maximum atomic E-state index is 12.4. The van der Waals surface area contributed by atoms with Crippen LogP contribution in [0.15, 0.2) is 29.3 Å². The lowest BCUT2D eigenvalue weighted by molar-refractivity contribution is -0.118. The van der Waals surface area contributed by atoms with E-state index in [0.717, 1.165) is 25.1 Å². The van der Waals surface area contributed by atoms with Gasteiger partial charge in [0, 0.05) is 31.2 Å². The third-order valence-electron chi connectivity index (χ3n) is 5.23. The van der Waals surface area contributed by atoms with E-state index in [0.29, 0.717) is 25.0 Å². The molecule has 0 unspecified atom stereocenters. The highest BCUT2D eigenvalue weighted by Gasteiger charge is 2.23. The lowest BCUT2D eigenvalue weighted by atomic mass is 10.1. The number of hydrogen-bond acceptors (Lipinski definition) is 2. The number of nitrogens with one attached hydrogen (secondary N) is 1. The van der Waals surface area contributed by atoms with E-state index in [9.17, 15) is 4.79 Å². The summed E-state index contributed by atoms with van der Waals surface area (Å²) < 4.78 is 0. The normalized spacial score (nSPS) is 18.7. The lowest BCUT2D eigenvalue weighted by Gasteiger charge is -2.17. The van der Waals surface area contributed by atoms with Crippen LogP contribution >= 0.6 is 0 Å². The SMILES string of the molecule is NC(=NCCCC(=O)N1CCc2ccccc21)NC1CCCCCC1. The van der Waals surface area contributed by atoms with Crippen molar-refractivity contribution in [3.63, 3.8) is 0 Å². The van der Waals surface area contributed by atoms with Gasteiger partial charge in [0.2, 0.25) is 5.91 Å². The summed E-state index contributed by atoms with van der Waals surface area (Å²) in [7, 11) is 0. The van der Waals surface area contributed by atoms with Crippen LogP contribution in [-0.4, -0.2) is 31.0 Å². The predicted octanol–water partition coefficient (Wildman–Crippen LogP) is 2.98. The van der Waals surface area contributed by atoms with E-state index in [1.807, 2.05) is 23.1 Å². The first-order valence-electron chi connectivity index (χ1n) is 9.69. The van der Waals surface area contributed by atoms with Gasteiger partial charge < -0.3 is 16.0 Å². The van der Waals surface area contributed by atoms with Crippen LogP contribution in [-0.2, 0) is 11.2 Å². The monoisotopic (exact) mass is 342 g/mol. The number of anilines is 1. The zero-order valence-corrected chi connectivity index (χ0v) is 15.0. The highest BCUT2D eigenvalue weighted by atomic mass is 16.2. The average Bonchev–Trinajstić information content (AvgIpc) is 2.89. The summed E-state index contributed by atoms with van der Waals surface area (Å²) in [4.78, 5) is 18.8. The van der Waals surface area contributed by atoms with E-state index >= 15 is 0 Å². The number of guanidine groups is 1. The average molecular weight is 342 g/mol. The van der Waals surface area contributed by atoms with Gasteiger partial charge in [0.05, 0.1) is 0 Å². The Morgan fingerprint density at radius 2 is 1.96 bits per heavy atom. The van der Waals surface area contributed by atoms with E-state index in [1.165, 1.54) is 44.1 Å². The molecule has 1 saturated carbocycles. The smallest absolute Gasteiger partial charge is 0.227 e. The van der Waals surface area contributed by atoms with Crippen LogP contribution in [0.3, 0.4) is 0 Å². The van der Waals surface area contributed by atoms with E-state index in [2.05, 4.69) is 16.4 Å². The van der Waals surface area contributed by atoms with Crippen LogP contribution in [0.25, 0.3) is 0 Å². The van der Waals surface area contributed by atoms with E-state index < -0.39 is 0 Å². The van der Waals surface area contributed by atoms with Gasteiger partial charge in [-0.2, -0.15) is 0 Å². The third-order valence-corrected chi connectivity index (χ3v) is 5.23.